The van der Waals surface area contributed by atoms with Crippen molar-refractivity contribution in [3.05, 3.63) is 60.2 Å². The zero-order chi connectivity index (χ0) is 20.4. The van der Waals surface area contributed by atoms with Crippen LogP contribution in [0.2, 0.25) is 0 Å². The van der Waals surface area contributed by atoms with E-state index in [1.54, 1.807) is 0 Å². The quantitative estimate of drug-likeness (QED) is 0.751. The van der Waals surface area contributed by atoms with Crippen molar-refractivity contribution in [2.45, 2.75) is 44.4 Å². The number of amidine groups is 1. The molecule has 0 spiro atoms. The number of benzene rings is 2. The lowest BCUT2D eigenvalue weighted by Crippen LogP contribution is -2.41. The Hall–Kier alpha value is -2.60. The molecule has 2 aliphatic rings. The van der Waals surface area contributed by atoms with Gasteiger partial charge in [0.25, 0.3) is 0 Å². The van der Waals surface area contributed by atoms with Crippen molar-refractivity contribution in [1.29, 1.82) is 0 Å². The number of carbonyl (C=O) groups excluding carboxylic acids is 2. The minimum Gasteiger partial charge on any atom is -0.326 e. The minimum atomic E-state index is -0.442. The number of nitrogens with zero attached hydrogens (tertiary/aromatic N) is 2. The number of nitrogens with one attached hydrogen (secondary N) is 1. The summed E-state index contributed by atoms with van der Waals surface area (Å²) in [5.74, 6) is 0.370. The van der Waals surface area contributed by atoms with Gasteiger partial charge in [0.15, 0.2) is 5.17 Å². The van der Waals surface area contributed by atoms with Gasteiger partial charge in [0.1, 0.15) is 5.25 Å². The summed E-state index contributed by atoms with van der Waals surface area (Å²) in [5.41, 5.74) is 2.61. The van der Waals surface area contributed by atoms with Crippen LogP contribution < -0.4 is 5.32 Å². The van der Waals surface area contributed by atoms with Gasteiger partial charge in [0, 0.05) is 18.2 Å². The standard InChI is InChI=1S/C23H25N3O2S/c1-15-8-6-7-11-19(15)25-21(27)14-20-22(28)26(16(2)17-12-13-17)23(29-20)24-18-9-4-3-5-10-18/h3-11,16-17,20H,12-14H2,1-2H3,(H,25,27)/t16-,20-/m0/s1. The van der Waals surface area contributed by atoms with Crippen LogP contribution in [0.4, 0.5) is 11.4 Å². The molecule has 5 nitrogen and oxygen atoms in total. The number of hydrogen-bond donors (Lipinski definition) is 1. The first kappa shape index (κ1) is 19.7. The maximum atomic E-state index is 13.2. The zero-order valence-corrected chi connectivity index (χ0v) is 17.5. The molecule has 1 N–H and O–H groups in total. The molecule has 1 heterocycles. The highest BCUT2D eigenvalue weighted by atomic mass is 32.2. The van der Waals surface area contributed by atoms with Crippen molar-refractivity contribution in [2.75, 3.05) is 5.32 Å². The molecule has 1 aliphatic carbocycles. The van der Waals surface area contributed by atoms with Gasteiger partial charge in [-0.15, -0.1) is 0 Å². The fraction of sp³-hybridized carbons (Fsp3) is 0.348. The Morgan fingerprint density at radius 3 is 2.55 bits per heavy atom. The second-order valence-electron chi connectivity index (χ2n) is 7.69. The first-order valence-electron chi connectivity index (χ1n) is 10.0. The van der Waals surface area contributed by atoms with Crippen LogP contribution in [0.3, 0.4) is 0 Å². The number of hydrogen-bond acceptors (Lipinski definition) is 4. The van der Waals surface area contributed by atoms with Gasteiger partial charge in [-0.25, -0.2) is 4.99 Å². The van der Waals surface area contributed by atoms with E-state index in [1.165, 1.54) is 11.8 Å². The van der Waals surface area contributed by atoms with Gasteiger partial charge in [-0.3, -0.25) is 14.5 Å². The minimum absolute atomic E-state index is 0.0102. The summed E-state index contributed by atoms with van der Waals surface area (Å²) in [6.07, 6.45) is 2.43. The van der Waals surface area contributed by atoms with Crippen molar-refractivity contribution < 1.29 is 9.59 Å². The molecule has 2 amide bonds. The summed E-state index contributed by atoms with van der Waals surface area (Å²) in [6, 6.07) is 17.4. The molecule has 0 radical (unpaired) electrons. The molecule has 29 heavy (non-hydrogen) atoms. The predicted octanol–water partition coefficient (Wildman–Crippen LogP) is 4.75. The van der Waals surface area contributed by atoms with Crippen LogP contribution in [-0.4, -0.2) is 33.2 Å². The number of anilines is 1. The summed E-state index contributed by atoms with van der Waals surface area (Å²) in [4.78, 5) is 32.3. The van der Waals surface area contributed by atoms with E-state index in [2.05, 4.69) is 12.2 Å². The molecule has 6 heteroatoms. The zero-order valence-electron chi connectivity index (χ0n) is 16.7. The number of carbonyl (C=O) groups is 2. The molecule has 0 bridgehead atoms. The largest absolute Gasteiger partial charge is 0.326 e. The van der Waals surface area contributed by atoms with E-state index in [4.69, 9.17) is 4.99 Å². The Kier molecular flexibility index (Phi) is 5.72. The van der Waals surface area contributed by atoms with Gasteiger partial charge in [-0.1, -0.05) is 48.2 Å². The van der Waals surface area contributed by atoms with Crippen molar-refractivity contribution in [1.82, 2.24) is 4.90 Å². The number of aliphatic imine (C=N–C) groups is 1. The maximum Gasteiger partial charge on any atom is 0.242 e. The molecule has 2 atom stereocenters. The molecular weight excluding hydrogens is 382 g/mol. The van der Waals surface area contributed by atoms with E-state index in [-0.39, 0.29) is 24.3 Å². The highest BCUT2D eigenvalue weighted by Gasteiger charge is 2.45. The smallest absolute Gasteiger partial charge is 0.242 e. The van der Waals surface area contributed by atoms with Gasteiger partial charge in [0.2, 0.25) is 11.8 Å². The Morgan fingerprint density at radius 1 is 1.17 bits per heavy atom. The molecule has 1 saturated heterocycles. The molecule has 1 saturated carbocycles. The second-order valence-corrected chi connectivity index (χ2v) is 8.86. The van der Waals surface area contributed by atoms with Gasteiger partial charge in [-0.05, 0) is 56.4 Å². The van der Waals surface area contributed by atoms with E-state index in [1.807, 2.05) is 66.4 Å². The van der Waals surface area contributed by atoms with Crippen LogP contribution in [0.15, 0.2) is 59.6 Å². The fourth-order valence-electron chi connectivity index (χ4n) is 3.55. The molecule has 2 aromatic rings. The first-order chi connectivity index (χ1) is 14.0. The summed E-state index contributed by atoms with van der Waals surface area (Å²) < 4.78 is 0. The van der Waals surface area contributed by atoms with E-state index in [0.717, 1.165) is 29.8 Å². The number of rotatable bonds is 6. The van der Waals surface area contributed by atoms with Gasteiger partial charge in [0.05, 0.1) is 5.69 Å². The normalized spacial score (nSPS) is 21.4. The van der Waals surface area contributed by atoms with Crippen LogP contribution in [0, 0.1) is 12.8 Å². The van der Waals surface area contributed by atoms with E-state index < -0.39 is 5.25 Å². The summed E-state index contributed by atoms with van der Waals surface area (Å²) in [6.45, 7) is 4.04. The highest BCUT2D eigenvalue weighted by Crippen LogP contribution is 2.41. The Labute approximate surface area is 175 Å². The third-order valence-corrected chi connectivity index (χ3v) is 6.60. The third kappa shape index (κ3) is 4.53. The van der Waals surface area contributed by atoms with Crippen molar-refractivity contribution in [2.24, 2.45) is 10.9 Å². The van der Waals surface area contributed by atoms with Crippen LogP contribution in [0.25, 0.3) is 0 Å². The van der Waals surface area contributed by atoms with Crippen LogP contribution in [-0.2, 0) is 9.59 Å². The SMILES string of the molecule is Cc1ccccc1NC(=O)C[C@@H]1SC(=Nc2ccccc2)N([C@@H](C)C2CC2)C1=O. The molecule has 1 aliphatic heterocycles. The first-order valence-corrected chi connectivity index (χ1v) is 10.9. The molecular formula is C23H25N3O2S. The Bertz CT molecular complexity index is 940. The third-order valence-electron chi connectivity index (χ3n) is 5.45. The second kappa shape index (κ2) is 8.41. The van der Waals surface area contributed by atoms with Crippen molar-refractivity contribution in [3.8, 4) is 0 Å². The summed E-state index contributed by atoms with van der Waals surface area (Å²) in [7, 11) is 0. The molecule has 150 valence electrons. The number of amides is 2. The topological polar surface area (TPSA) is 61.8 Å². The molecule has 2 fully saturated rings. The fourth-order valence-corrected chi connectivity index (χ4v) is 4.78. The van der Waals surface area contributed by atoms with Crippen molar-refractivity contribution in [3.63, 3.8) is 0 Å². The Morgan fingerprint density at radius 2 is 1.86 bits per heavy atom. The van der Waals surface area contributed by atoms with Crippen LogP contribution in [0.1, 0.15) is 31.7 Å². The predicted molar refractivity (Wildman–Crippen MR) is 118 cm³/mol. The van der Waals surface area contributed by atoms with E-state index >= 15 is 0 Å². The number of aryl methyl sites for hydroxylation is 1. The maximum absolute atomic E-state index is 13.2. The van der Waals surface area contributed by atoms with Gasteiger partial charge in [-0.2, -0.15) is 0 Å². The summed E-state index contributed by atoms with van der Waals surface area (Å²) in [5, 5.41) is 3.20. The average molecular weight is 408 g/mol. The molecule has 4 rings (SSSR count). The van der Waals surface area contributed by atoms with Crippen LogP contribution in [0.5, 0.6) is 0 Å². The molecule has 0 unspecified atom stereocenters. The van der Waals surface area contributed by atoms with Gasteiger partial charge < -0.3 is 5.32 Å². The number of thioether (sulfide) groups is 1. The van der Waals surface area contributed by atoms with Crippen molar-refractivity contribution >= 4 is 40.1 Å². The summed E-state index contributed by atoms with van der Waals surface area (Å²) >= 11 is 1.40. The monoisotopic (exact) mass is 407 g/mol. The molecule has 0 aromatic heterocycles. The van der Waals surface area contributed by atoms with E-state index in [0.29, 0.717) is 11.1 Å². The lowest BCUT2D eigenvalue weighted by Gasteiger charge is -2.24. The molecule has 2 aromatic carbocycles. The lowest BCUT2D eigenvalue weighted by molar-refractivity contribution is -0.129. The van der Waals surface area contributed by atoms with E-state index in [9.17, 15) is 9.59 Å². The lowest BCUT2D eigenvalue weighted by atomic mass is 10.1. The Balaban J connectivity index is 1.52. The number of para-hydroxylation sites is 2. The average Bonchev–Trinajstić information content (AvgIpc) is 3.51. The highest BCUT2D eigenvalue weighted by molar-refractivity contribution is 8.15. The van der Waals surface area contributed by atoms with Gasteiger partial charge >= 0.3 is 0 Å². The van der Waals surface area contributed by atoms with Crippen LogP contribution >= 0.6 is 11.8 Å².